The number of nitro groups is 1. The van der Waals surface area contributed by atoms with E-state index >= 15 is 0 Å². The Morgan fingerprint density at radius 3 is 2.36 bits per heavy atom. The predicted octanol–water partition coefficient (Wildman–Crippen LogP) is 5.39. The van der Waals surface area contributed by atoms with E-state index < -0.39 is 6.10 Å². The number of non-ortho nitro benzene ring substituents is 1. The SMILES string of the molecule is Cc1ccc(OC[C@@H](O)C[N+]2(Cc3ccc([N+](=O)[O-])cc3)CCC(C)CC2)c(C(C)(C)C)c1. The molecule has 0 unspecified atom stereocenters. The number of rotatable bonds is 8. The molecule has 0 aromatic heterocycles. The molecule has 0 bridgehead atoms. The molecule has 1 N–H and O–H groups in total. The van der Waals surface area contributed by atoms with Gasteiger partial charge in [-0.3, -0.25) is 10.1 Å². The van der Waals surface area contributed by atoms with Gasteiger partial charge in [0.2, 0.25) is 0 Å². The van der Waals surface area contributed by atoms with Crippen LogP contribution in [-0.2, 0) is 12.0 Å². The zero-order chi connectivity index (χ0) is 24.2. The Morgan fingerprint density at radius 2 is 1.79 bits per heavy atom. The molecule has 2 aromatic carbocycles. The van der Waals surface area contributed by atoms with Gasteiger partial charge in [-0.25, -0.2) is 0 Å². The summed E-state index contributed by atoms with van der Waals surface area (Å²) < 4.78 is 6.93. The fourth-order valence-electron chi connectivity index (χ4n) is 4.80. The molecule has 1 fully saturated rings. The molecule has 1 saturated heterocycles. The summed E-state index contributed by atoms with van der Waals surface area (Å²) in [6.07, 6.45) is 1.64. The number of hydrogen-bond donors (Lipinski definition) is 1. The number of hydrogen-bond acceptors (Lipinski definition) is 4. The van der Waals surface area contributed by atoms with E-state index in [9.17, 15) is 15.2 Å². The van der Waals surface area contributed by atoms with Crippen molar-refractivity contribution in [3.05, 3.63) is 69.3 Å². The monoisotopic (exact) mass is 455 g/mol. The van der Waals surface area contributed by atoms with Gasteiger partial charge in [-0.05, 0) is 54.9 Å². The van der Waals surface area contributed by atoms with Crippen LogP contribution in [0.25, 0.3) is 0 Å². The molecule has 0 saturated carbocycles. The van der Waals surface area contributed by atoms with Gasteiger partial charge in [0.1, 0.15) is 31.5 Å². The summed E-state index contributed by atoms with van der Waals surface area (Å²) in [6, 6.07) is 13.1. The highest BCUT2D eigenvalue weighted by Gasteiger charge is 2.35. The minimum Gasteiger partial charge on any atom is -0.490 e. The number of nitro benzene ring substituents is 1. The minimum atomic E-state index is -0.592. The molecule has 6 nitrogen and oxygen atoms in total. The Labute approximate surface area is 197 Å². The van der Waals surface area contributed by atoms with Crippen molar-refractivity contribution in [3.8, 4) is 5.75 Å². The second-order valence-corrected chi connectivity index (χ2v) is 11.0. The van der Waals surface area contributed by atoms with E-state index in [0.717, 1.165) is 53.8 Å². The van der Waals surface area contributed by atoms with Crippen LogP contribution in [0.4, 0.5) is 5.69 Å². The summed E-state index contributed by atoms with van der Waals surface area (Å²) in [5.74, 6) is 1.52. The predicted molar refractivity (Wildman–Crippen MR) is 131 cm³/mol. The van der Waals surface area contributed by atoms with Gasteiger partial charge in [0.15, 0.2) is 0 Å². The van der Waals surface area contributed by atoms with Crippen LogP contribution in [0.5, 0.6) is 5.75 Å². The first-order chi connectivity index (χ1) is 15.5. The molecule has 0 radical (unpaired) electrons. The number of aryl methyl sites for hydroxylation is 1. The van der Waals surface area contributed by atoms with Gasteiger partial charge >= 0.3 is 0 Å². The van der Waals surface area contributed by atoms with Crippen LogP contribution in [0, 0.1) is 23.0 Å². The third-order valence-corrected chi connectivity index (χ3v) is 6.83. The summed E-state index contributed by atoms with van der Waals surface area (Å²) >= 11 is 0. The van der Waals surface area contributed by atoms with E-state index in [-0.39, 0.29) is 22.6 Å². The van der Waals surface area contributed by atoms with Crippen LogP contribution in [0.2, 0.25) is 0 Å². The zero-order valence-electron chi connectivity index (χ0n) is 20.7. The first-order valence-corrected chi connectivity index (χ1v) is 12.0. The largest absolute Gasteiger partial charge is 0.490 e. The molecule has 0 spiro atoms. The third kappa shape index (κ3) is 6.78. The van der Waals surface area contributed by atoms with Crippen molar-refractivity contribution in [1.82, 2.24) is 0 Å². The second-order valence-electron chi connectivity index (χ2n) is 11.0. The number of piperidine rings is 1. The van der Waals surface area contributed by atoms with Crippen molar-refractivity contribution >= 4 is 5.69 Å². The molecule has 2 aromatic rings. The van der Waals surface area contributed by atoms with Crippen molar-refractivity contribution in [2.75, 3.05) is 26.2 Å². The molecule has 1 heterocycles. The van der Waals surface area contributed by atoms with Crippen molar-refractivity contribution < 1.29 is 19.2 Å². The van der Waals surface area contributed by atoms with E-state index in [4.69, 9.17) is 4.74 Å². The number of aliphatic hydroxyl groups excluding tert-OH is 1. The fraction of sp³-hybridized carbons (Fsp3) is 0.556. The summed E-state index contributed by atoms with van der Waals surface area (Å²) in [7, 11) is 0. The molecule has 1 aliphatic rings. The lowest BCUT2D eigenvalue weighted by Crippen LogP contribution is -2.56. The van der Waals surface area contributed by atoms with E-state index in [2.05, 4.69) is 40.7 Å². The van der Waals surface area contributed by atoms with Crippen LogP contribution in [0.1, 0.15) is 57.2 Å². The number of quaternary nitrogens is 1. The second kappa shape index (κ2) is 10.2. The van der Waals surface area contributed by atoms with Gasteiger partial charge in [0.05, 0.1) is 18.0 Å². The zero-order valence-corrected chi connectivity index (χ0v) is 20.7. The van der Waals surface area contributed by atoms with E-state index in [0.29, 0.717) is 12.5 Å². The average molecular weight is 456 g/mol. The van der Waals surface area contributed by atoms with Gasteiger partial charge < -0.3 is 14.3 Å². The number of likely N-dealkylation sites (tertiary alicyclic amines) is 1. The van der Waals surface area contributed by atoms with E-state index in [1.165, 1.54) is 5.56 Å². The molecule has 0 aliphatic carbocycles. The standard InChI is InChI=1S/C27H39N2O4/c1-20-12-14-29(15-13-20,17-22-7-9-23(10-8-22)28(31)32)18-24(30)19-33-26-11-6-21(2)16-25(26)27(3,4)5/h6-11,16,20,24,30H,12-15,17-19H2,1-5H3/q+1/t20?,24-,29?/m0/s1. The molecule has 33 heavy (non-hydrogen) atoms. The maximum absolute atomic E-state index is 11.0. The number of ether oxygens (including phenoxy) is 1. The lowest BCUT2D eigenvalue weighted by Gasteiger charge is -2.44. The quantitative estimate of drug-likeness (QED) is 0.329. The summed E-state index contributed by atoms with van der Waals surface area (Å²) in [6.45, 7) is 14.5. The summed E-state index contributed by atoms with van der Waals surface area (Å²) in [4.78, 5) is 10.6. The number of benzene rings is 2. The molecular weight excluding hydrogens is 416 g/mol. The topological polar surface area (TPSA) is 72.6 Å². The highest BCUT2D eigenvalue weighted by Crippen LogP contribution is 2.33. The highest BCUT2D eigenvalue weighted by atomic mass is 16.6. The molecule has 180 valence electrons. The molecule has 0 amide bonds. The number of nitrogens with zero attached hydrogens (tertiary/aromatic N) is 2. The van der Waals surface area contributed by atoms with Gasteiger partial charge in [-0.15, -0.1) is 0 Å². The van der Waals surface area contributed by atoms with Gasteiger partial charge in [0, 0.05) is 17.7 Å². The van der Waals surface area contributed by atoms with Crippen molar-refractivity contribution in [1.29, 1.82) is 0 Å². The van der Waals surface area contributed by atoms with Crippen LogP contribution >= 0.6 is 0 Å². The molecule has 1 aliphatic heterocycles. The fourth-order valence-corrected chi connectivity index (χ4v) is 4.80. The first kappa shape index (κ1) is 25.2. The normalized spacial score (nSPS) is 22.1. The van der Waals surface area contributed by atoms with E-state index in [1.54, 1.807) is 12.1 Å². The molecule has 6 heteroatoms. The maximum Gasteiger partial charge on any atom is 0.269 e. The Morgan fingerprint density at radius 1 is 1.15 bits per heavy atom. The van der Waals surface area contributed by atoms with Crippen LogP contribution in [0.3, 0.4) is 0 Å². The smallest absolute Gasteiger partial charge is 0.269 e. The van der Waals surface area contributed by atoms with Crippen molar-refractivity contribution in [2.45, 2.75) is 65.5 Å². The van der Waals surface area contributed by atoms with Crippen LogP contribution < -0.4 is 4.74 Å². The average Bonchev–Trinajstić information content (AvgIpc) is 2.75. The third-order valence-electron chi connectivity index (χ3n) is 6.83. The van der Waals surface area contributed by atoms with Crippen LogP contribution in [0.15, 0.2) is 42.5 Å². The highest BCUT2D eigenvalue weighted by molar-refractivity contribution is 5.41. The van der Waals surface area contributed by atoms with Gasteiger partial charge in [-0.1, -0.05) is 45.4 Å². The molecular formula is C27H39N2O4+. The summed E-state index contributed by atoms with van der Waals surface area (Å²) in [5.41, 5.74) is 3.48. The maximum atomic E-state index is 11.0. The molecule has 1 atom stereocenters. The Kier molecular flexibility index (Phi) is 7.80. The minimum absolute atomic E-state index is 0.0426. The number of aliphatic hydroxyl groups is 1. The van der Waals surface area contributed by atoms with E-state index in [1.807, 2.05) is 24.3 Å². The Bertz CT molecular complexity index is 942. The molecule has 3 rings (SSSR count). The van der Waals surface area contributed by atoms with Crippen molar-refractivity contribution in [3.63, 3.8) is 0 Å². The summed E-state index contributed by atoms with van der Waals surface area (Å²) in [5, 5.41) is 22.0. The lowest BCUT2D eigenvalue weighted by molar-refractivity contribution is -0.948. The Hall–Kier alpha value is -2.44. The van der Waals surface area contributed by atoms with Gasteiger partial charge in [-0.2, -0.15) is 0 Å². The van der Waals surface area contributed by atoms with Gasteiger partial charge in [0.25, 0.3) is 5.69 Å². The lowest BCUT2D eigenvalue weighted by atomic mass is 9.85. The van der Waals surface area contributed by atoms with Crippen LogP contribution in [-0.4, -0.2) is 46.9 Å². The Balaban J connectivity index is 1.71. The van der Waals surface area contributed by atoms with Crippen molar-refractivity contribution in [2.24, 2.45) is 5.92 Å². The first-order valence-electron chi connectivity index (χ1n) is 12.0.